The Kier molecular flexibility index (Phi) is 38.6. The van der Waals surface area contributed by atoms with Crippen LogP contribution in [0.5, 0.6) is 0 Å². The van der Waals surface area contributed by atoms with Crippen LogP contribution < -0.4 is 16.0 Å². The number of nitrogens with zero attached hydrogens (tertiary/aromatic N) is 7. The highest BCUT2D eigenvalue weighted by Crippen LogP contribution is 2.28. The lowest BCUT2D eigenvalue weighted by molar-refractivity contribution is -0.154. The van der Waals surface area contributed by atoms with Gasteiger partial charge >= 0.3 is 5.97 Å². The lowest BCUT2D eigenvalue weighted by Gasteiger charge is -2.40. The molecule has 4 N–H and O–H groups in total. The summed E-state index contributed by atoms with van der Waals surface area (Å²) in [4.78, 5) is 186. The molecule has 0 aromatic rings. The van der Waals surface area contributed by atoms with Crippen LogP contribution in [0.25, 0.3) is 0 Å². The van der Waals surface area contributed by atoms with Crippen molar-refractivity contribution in [1.29, 1.82) is 0 Å². The number of rotatable bonds is 24. The zero-order valence-electron chi connectivity index (χ0n) is 64.6. The van der Waals surface area contributed by atoms with Crippen molar-refractivity contribution in [2.75, 3.05) is 88.3 Å². The van der Waals surface area contributed by atoms with Crippen LogP contribution in [0.4, 0.5) is 0 Å². The van der Waals surface area contributed by atoms with Crippen molar-refractivity contribution in [1.82, 2.24) is 50.2 Å². The number of likely N-dealkylation sites (N-methyl/N-ethyl adjacent to an activating group) is 6. The minimum Gasteiger partial charge on any atom is -0.466 e. The number of ether oxygens (including phenoxy) is 3. The fraction of sp³-hybridized carbons (Fsp3) is 0.836. The normalized spacial score (nSPS) is 26.8. The van der Waals surface area contributed by atoms with Crippen molar-refractivity contribution >= 4 is 70.7 Å². The molecule has 2 saturated heterocycles. The summed E-state index contributed by atoms with van der Waals surface area (Å²) in [6.45, 7) is 33.7. The van der Waals surface area contributed by atoms with Gasteiger partial charge in [0, 0.05) is 93.1 Å². The first-order valence-electron chi connectivity index (χ1n) is 36.5. The molecule has 0 bridgehead atoms. The third-order valence-electron chi connectivity index (χ3n) is 19.6. The maximum Gasteiger partial charge on any atom is 0.305 e. The molecule has 0 saturated carbocycles. The Morgan fingerprint density at radius 2 is 1.07 bits per heavy atom. The molecule has 26 nitrogen and oxygen atoms in total. The molecule has 0 radical (unpaired) electrons. The van der Waals surface area contributed by atoms with E-state index in [0.717, 1.165) is 31.0 Å². The van der Waals surface area contributed by atoms with E-state index in [1.807, 2.05) is 48.5 Å². The van der Waals surface area contributed by atoms with Gasteiger partial charge in [-0.3, -0.25) is 62.4 Å². The lowest BCUT2D eigenvalue weighted by Crippen LogP contribution is -2.63. The van der Waals surface area contributed by atoms with Crippen LogP contribution in [0.2, 0.25) is 0 Å². The number of carbonyl (C=O) groups excluding carboxylic acids is 12. The van der Waals surface area contributed by atoms with Crippen molar-refractivity contribution in [3.63, 3.8) is 0 Å². The highest BCUT2D eigenvalue weighted by molar-refractivity contribution is 6.00. The number of morpholine rings is 1. The summed E-state index contributed by atoms with van der Waals surface area (Å²) in [5, 5.41) is 20.5. The van der Waals surface area contributed by atoms with Crippen LogP contribution in [0.15, 0.2) is 0 Å². The quantitative estimate of drug-likeness (QED) is 0.0719. The summed E-state index contributed by atoms with van der Waals surface area (Å²) in [5.41, 5.74) is 0. The van der Waals surface area contributed by atoms with Gasteiger partial charge < -0.3 is 64.7 Å². The van der Waals surface area contributed by atoms with Gasteiger partial charge in [0.1, 0.15) is 48.3 Å². The zero-order valence-corrected chi connectivity index (χ0v) is 64.6. The fourth-order valence-electron chi connectivity index (χ4n) is 13.1. The topological polar surface area (TPSA) is 312 Å². The summed E-state index contributed by atoms with van der Waals surface area (Å²) in [6.07, 6.45) is -0.365. The number of nitrogens with one attached hydrogen (secondary N) is 3. The average Bonchev–Trinajstić information content (AvgIpc) is 0.846. The molecule has 2 rings (SSSR count). The number of amides is 9. The van der Waals surface area contributed by atoms with E-state index < -0.39 is 167 Å². The van der Waals surface area contributed by atoms with Gasteiger partial charge in [-0.2, -0.15) is 0 Å². The van der Waals surface area contributed by atoms with E-state index in [1.165, 1.54) is 80.6 Å². The number of unbranched alkanes of at least 4 members (excludes halogenated alkanes) is 1. The van der Waals surface area contributed by atoms with E-state index in [-0.39, 0.29) is 88.8 Å². The van der Waals surface area contributed by atoms with E-state index in [9.17, 15) is 33.9 Å². The van der Waals surface area contributed by atoms with Crippen molar-refractivity contribution in [2.24, 2.45) is 47.3 Å². The maximum atomic E-state index is 15.2. The fourth-order valence-corrected chi connectivity index (χ4v) is 13.1. The minimum atomic E-state index is -1.77. The van der Waals surface area contributed by atoms with Crippen LogP contribution >= 0.6 is 0 Å². The van der Waals surface area contributed by atoms with Crippen molar-refractivity contribution < 1.29 is 76.9 Å². The van der Waals surface area contributed by atoms with Crippen LogP contribution in [0.3, 0.4) is 0 Å². The molecule has 2 aliphatic rings. The minimum absolute atomic E-state index is 0.0118. The SMILES string of the molecule is CCCOC(=O)CCC[C@@H](C)[C@@H](O)[C@@H]1NC(=O)[C@H](C(C)C)N(C)C(=O)[C@H](CC(C)C)N(C)C(=O)[C@H](CC(C)C)N(C)C(=O)[C@@H](C)NC(=O)[C@H](C)CC(=O)[C@H](CC(C)C)N(C)C(=O)[C@H](C(C)C)CC(=O)[C@H]([C@@H](C)OCCCCN2CCOCC2)N(C)C(=O)[C@@H](C)N(C)C(=O)[C@H](CC)NC1=O. The standard InChI is InChI=1S/C73H130N10O16/c1-24-34-99-60(86)30-28-29-48(13)64(87)61-66(89)75-54(25-2)71(94)77(18)51(16)69(92)82(23)63(52(17)98-35-27-26-31-83-32-36-97-37-33-83)59(85)42-53(46(9)10)70(93)78(19)55(38-43(3)4)58(84)41-49(14)65(88)74-50(15)68(91)79(20)56(39-44(5)6)72(95)80(21)57(40-45(7)8)73(96)81(22)62(47(11)12)67(90)76-61/h43-57,61-64,87H,24-42H2,1-23H3,(H,74,88)(H,75,89)(H,76,90)/t48-,49-,50-,51-,52-,53+,54+,55+,56+,57+,61+,62+,63+,64-/m1/s1. The second-order valence-corrected chi connectivity index (χ2v) is 30.0. The number of aliphatic hydroxyl groups is 1. The van der Waals surface area contributed by atoms with Crippen molar-refractivity contribution in [3.8, 4) is 0 Å². The molecular weight excluding hydrogens is 1270 g/mol. The van der Waals surface area contributed by atoms with E-state index >= 15 is 28.8 Å². The molecule has 26 heteroatoms. The first-order valence-corrected chi connectivity index (χ1v) is 36.5. The Bertz CT molecular complexity index is 2650. The summed E-state index contributed by atoms with van der Waals surface area (Å²) in [7, 11) is 8.61. The van der Waals surface area contributed by atoms with Gasteiger partial charge in [0.2, 0.25) is 53.2 Å². The molecule has 99 heavy (non-hydrogen) atoms. The van der Waals surface area contributed by atoms with Gasteiger partial charge in [-0.15, -0.1) is 0 Å². The molecule has 0 spiro atoms. The molecule has 2 heterocycles. The Balaban J connectivity index is 2.99. The largest absolute Gasteiger partial charge is 0.466 e. The van der Waals surface area contributed by atoms with Gasteiger partial charge in [0.05, 0.1) is 38.1 Å². The van der Waals surface area contributed by atoms with Gasteiger partial charge in [0.25, 0.3) is 0 Å². The van der Waals surface area contributed by atoms with Crippen LogP contribution in [0, 0.1) is 47.3 Å². The molecule has 0 aliphatic carbocycles. The first-order chi connectivity index (χ1) is 46.2. The molecule has 568 valence electrons. The van der Waals surface area contributed by atoms with Crippen molar-refractivity contribution in [2.45, 2.75) is 261 Å². The molecule has 0 aromatic carbocycles. The highest BCUT2D eigenvalue weighted by atomic mass is 16.5. The Hall–Kier alpha value is -6.12. The maximum absolute atomic E-state index is 15.2. The second kappa shape index (κ2) is 43.0. The van der Waals surface area contributed by atoms with Crippen molar-refractivity contribution in [3.05, 3.63) is 0 Å². The Morgan fingerprint density at radius 3 is 1.60 bits per heavy atom. The van der Waals surface area contributed by atoms with E-state index in [4.69, 9.17) is 14.2 Å². The second-order valence-electron chi connectivity index (χ2n) is 30.0. The van der Waals surface area contributed by atoms with Crippen LogP contribution in [-0.4, -0.2) is 265 Å². The molecular formula is C73H130N10O16. The zero-order chi connectivity index (χ0) is 75.6. The summed E-state index contributed by atoms with van der Waals surface area (Å²) in [6, 6.07) is -11.6. The van der Waals surface area contributed by atoms with Gasteiger partial charge in [-0.1, -0.05) is 96.9 Å². The van der Waals surface area contributed by atoms with E-state index in [1.54, 1.807) is 55.4 Å². The number of ketones is 2. The summed E-state index contributed by atoms with van der Waals surface area (Å²) >= 11 is 0. The number of carbonyl (C=O) groups is 12. The average molecular weight is 1400 g/mol. The molecule has 14 atom stereocenters. The number of Topliss-reactive ketones (excluding diaryl/α,β-unsaturated/α-hetero) is 2. The van der Waals surface area contributed by atoms with Gasteiger partial charge in [-0.05, 0) is 121 Å². The van der Waals surface area contributed by atoms with Gasteiger partial charge in [-0.25, -0.2) is 0 Å². The summed E-state index contributed by atoms with van der Waals surface area (Å²) in [5.74, 6) is -12.0. The molecule has 0 unspecified atom stereocenters. The van der Waals surface area contributed by atoms with E-state index in [0.29, 0.717) is 26.1 Å². The molecule has 2 aliphatic heterocycles. The van der Waals surface area contributed by atoms with Gasteiger partial charge in [0.15, 0.2) is 11.6 Å². The number of hydrogen-bond acceptors (Lipinski definition) is 17. The smallest absolute Gasteiger partial charge is 0.305 e. The predicted octanol–water partition coefficient (Wildman–Crippen LogP) is 5.13. The third-order valence-corrected chi connectivity index (χ3v) is 19.6. The Labute approximate surface area is 592 Å². The number of esters is 1. The lowest BCUT2D eigenvalue weighted by atomic mass is 9.85. The number of aliphatic hydroxyl groups excluding tert-OH is 1. The van der Waals surface area contributed by atoms with Crippen LogP contribution in [-0.2, 0) is 71.7 Å². The highest BCUT2D eigenvalue weighted by Gasteiger charge is 2.45. The molecule has 9 amide bonds. The predicted molar refractivity (Wildman–Crippen MR) is 379 cm³/mol. The third kappa shape index (κ3) is 27.0. The molecule has 2 fully saturated rings. The number of hydrogen-bond donors (Lipinski definition) is 4. The first kappa shape index (κ1) is 89.0. The monoisotopic (exact) mass is 1400 g/mol. The van der Waals surface area contributed by atoms with Crippen LogP contribution in [0.1, 0.15) is 195 Å². The van der Waals surface area contributed by atoms with E-state index in [2.05, 4.69) is 20.9 Å². The Morgan fingerprint density at radius 1 is 0.545 bits per heavy atom. The molecule has 0 aromatic heterocycles. The summed E-state index contributed by atoms with van der Waals surface area (Å²) < 4.78 is 17.2.